The number of amides is 1. The number of nitrogens with one attached hydrogen (secondary N) is 1. The number of benzene rings is 1. The van der Waals surface area contributed by atoms with Gasteiger partial charge in [-0.15, -0.1) is 0 Å². The van der Waals surface area contributed by atoms with E-state index in [1.165, 1.54) is 12.8 Å². The highest BCUT2D eigenvalue weighted by Gasteiger charge is 2.25. The van der Waals surface area contributed by atoms with Crippen molar-refractivity contribution in [3.05, 3.63) is 29.8 Å². The summed E-state index contributed by atoms with van der Waals surface area (Å²) in [7, 11) is 0. The van der Waals surface area contributed by atoms with Gasteiger partial charge in [0.1, 0.15) is 5.75 Å². The lowest BCUT2D eigenvalue weighted by Gasteiger charge is -2.30. The molecule has 1 aliphatic carbocycles. The Balaban J connectivity index is 1.95. The lowest BCUT2D eigenvalue weighted by Crippen LogP contribution is -2.35. The van der Waals surface area contributed by atoms with Crippen molar-refractivity contribution in [2.45, 2.75) is 32.6 Å². The Labute approximate surface area is 126 Å². The second-order valence-corrected chi connectivity index (χ2v) is 5.63. The van der Waals surface area contributed by atoms with Crippen molar-refractivity contribution in [2.75, 3.05) is 19.8 Å². The number of hydrogen-bond acceptors (Lipinski definition) is 3. The molecule has 21 heavy (non-hydrogen) atoms. The van der Waals surface area contributed by atoms with Crippen LogP contribution in [0.25, 0.3) is 0 Å². The third-order valence-corrected chi connectivity index (χ3v) is 4.26. The van der Waals surface area contributed by atoms with Crippen LogP contribution in [0, 0.1) is 11.8 Å². The lowest BCUT2D eigenvalue weighted by atomic mass is 9.79. The second kappa shape index (κ2) is 8.03. The summed E-state index contributed by atoms with van der Waals surface area (Å²) in [5, 5.41) is 12.4. The highest BCUT2D eigenvalue weighted by molar-refractivity contribution is 5.96. The molecule has 0 saturated heterocycles. The van der Waals surface area contributed by atoms with Crippen LogP contribution in [0.2, 0.25) is 0 Å². The highest BCUT2D eigenvalue weighted by Crippen LogP contribution is 2.29. The molecule has 0 aliphatic heterocycles. The van der Waals surface area contributed by atoms with E-state index in [2.05, 4.69) is 5.32 Å². The molecule has 1 aromatic rings. The van der Waals surface area contributed by atoms with Crippen LogP contribution in [0.15, 0.2) is 24.3 Å². The molecule has 0 aromatic heterocycles. The first-order chi connectivity index (χ1) is 10.3. The summed E-state index contributed by atoms with van der Waals surface area (Å²) >= 11 is 0. The van der Waals surface area contributed by atoms with Gasteiger partial charge >= 0.3 is 0 Å². The Morgan fingerprint density at radius 1 is 1.29 bits per heavy atom. The predicted octanol–water partition coefficient (Wildman–Crippen LogP) is 2.61. The fourth-order valence-corrected chi connectivity index (χ4v) is 3.05. The Morgan fingerprint density at radius 2 is 2.00 bits per heavy atom. The minimum Gasteiger partial charge on any atom is -0.493 e. The number of aliphatic hydroxyl groups is 1. The van der Waals surface area contributed by atoms with E-state index in [0.717, 1.165) is 12.8 Å². The maximum Gasteiger partial charge on any atom is 0.255 e. The Morgan fingerprint density at radius 3 is 2.71 bits per heavy atom. The number of rotatable bonds is 6. The number of para-hydroxylation sites is 1. The molecule has 1 amide bonds. The molecule has 4 nitrogen and oxygen atoms in total. The van der Waals surface area contributed by atoms with Crippen LogP contribution in [-0.2, 0) is 0 Å². The van der Waals surface area contributed by atoms with E-state index >= 15 is 0 Å². The monoisotopic (exact) mass is 291 g/mol. The van der Waals surface area contributed by atoms with Gasteiger partial charge in [0.25, 0.3) is 5.91 Å². The van der Waals surface area contributed by atoms with Gasteiger partial charge in [0, 0.05) is 13.2 Å². The van der Waals surface area contributed by atoms with Crippen molar-refractivity contribution < 1.29 is 14.6 Å². The van der Waals surface area contributed by atoms with Crippen molar-refractivity contribution in [1.82, 2.24) is 5.32 Å². The molecule has 0 bridgehead atoms. The van der Waals surface area contributed by atoms with Crippen LogP contribution >= 0.6 is 0 Å². The molecular formula is C17H25NO3. The Hall–Kier alpha value is -1.55. The SMILES string of the molecule is CCOc1ccccc1C(=O)NCC1CCCCC1CO. The van der Waals surface area contributed by atoms with Crippen LogP contribution in [-0.4, -0.2) is 30.8 Å². The van der Waals surface area contributed by atoms with Crippen molar-refractivity contribution in [2.24, 2.45) is 11.8 Å². The van der Waals surface area contributed by atoms with E-state index in [0.29, 0.717) is 36.3 Å². The fourth-order valence-electron chi connectivity index (χ4n) is 3.05. The predicted molar refractivity (Wildman–Crippen MR) is 82.5 cm³/mol. The molecule has 0 radical (unpaired) electrons. The highest BCUT2D eigenvalue weighted by atomic mass is 16.5. The quantitative estimate of drug-likeness (QED) is 0.847. The van der Waals surface area contributed by atoms with Crippen LogP contribution in [0.1, 0.15) is 43.0 Å². The number of ether oxygens (including phenoxy) is 1. The Kier molecular flexibility index (Phi) is 6.05. The van der Waals surface area contributed by atoms with E-state index < -0.39 is 0 Å². The largest absolute Gasteiger partial charge is 0.493 e. The van der Waals surface area contributed by atoms with Gasteiger partial charge in [0.05, 0.1) is 12.2 Å². The zero-order chi connectivity index (χ0) is 15.1. The van der Waals surface area contributed by atoms with E-state index in [9.17, 15) is 9.90 Å². The molecule has 1 saturated carbocycles. The average Bonchev–Trinajstić information content (AvgIpc) is 2.53. The van der Waals surface area contributed by atoms with Gasteiger partial charge in [-0.25, -0.2) is 0 Å². The molecule has 4 heteroatoms. The molecule has 2 rings (SSSR count). The molecule has 1 fully saturated rings. The lowest BCUT2D eigenvalue weighted by molar-refractivity contribution is 0.0905. The van der Waals surface area contributed by atoms with Crippen LogP contribution in [0.4, 0.5) is 0 Å². The minimum absolute atomic E-state index is 0.0960. The summed E-state index contributed by atoms with van der Waals surface area (Å²) in [5.74, 6) is 1.23. The van der Waals surface area contributed by atoms with Crippen molar-refractivity contribution in [1.29, 1.82) is 0 Å². The van der Waals surface area contributed by atoms with E-state index in [-0.39, 0.29) is 12.5 Å². The number of hydrogen-bond donors (Lipinski definition) is 2. The zero-order valence-electron chi connectivity index (χ0n) is 12.7. The van der Waals surface area contributed by atoms with Crippen molar-refractivity contribution >= 4 is 5.91 Å². The van der Waals surface area contributed by atoms with Crippen molar-refractivity contribution in [3.8, 4) is 5.75 Å². The van der Waals surface area contributed by atoms with Gasteiger partial charge < -0.3 is 15.2 Å². The first kappa shape index (κ1) is 15.8. The zero-order valence-corrected chi connectivity index (χ0v) is 12.7. The topological polar surface area (TPSA) is 58.6 Å². The number of carbonyl (C=O) groups is 1. The maximum atomic E-state index is 12.3. The van der Waals surface area contributed by atoms with Gasteiger partial charge in [-0.05, 0) is 43.7 Å². The van der Waals surface area contributed by atoms with E-state index in [1.54, 1.807) is 6.07 Å². The summed E-state index contributed by atoms with van der Waals surface area (Å²) in [6.07, 6.45) is 4.51. The van der Waals surface area contributed by atoms with Crippen LogP contribution in [0.5, 0.6) is 5.75 Å². The molecule has 0 heterocycles. The molecule has 1 aromatic carbocycles. The molecule has 0 spiro atoms. The molecule has 1 aliphatic rings. The molecule has 2 N–H and O–H groups in total. The standard InChI is InChI=1S/C17H25NO3/c1-2-21-16-10-6-5-9-15(16)17(20)18-11-13-7-3-4-8-14(13)12-19/h5-6,9-10,13-14,19H,2-4,7-8,11-12H2,1H3,(H,18,20). The average molecular weight is 291 g/mol. The smallest absolute Gasteiger partial charge is 0.255 e. The van der Waals surface area contributed by atoms with Gasteiger partial charge in [0.15, 0.2) is 0 Å². The van der Waals surface area contributed by atoms with Crippen LogP contribution < -0.4 is 10.1 Å². The maximum absolute atomic E-state index is 12.3. The molecule has 116 valence electrons. The summed E-state index contributed by atoms with van der Waals surface area (Å²) < 4.78 is 5.49. The summed E-state index contributed by atoms with van der Waals surface area (Å²) in [5.41, 5.74) is 0.579. The summed E-state index contributed by atoms with van der Waals surface area (Å²) in [4.78, 5) is 12.3. The van der Waals surface area contributed by atoms with Gasteiger partial charge in [-0.3, -0.25) is 4.79 Å². The van der Waals surface area contributed by atoms with E-state index in [4.69, 9.17) is 4.74 Å². The van der Waals surface area contributed by atoms with Crippen molar-refractivity contribution in [3.63, 3.8) is 0 Å². The number of carbonyl (C=O) groups excluding carboxylic acids is 1. The van der Waals surface area contributed by atoms with Gasteiger partial charge in [-0.2, -0.15) is 0 Å². The molecule has 2 atom stereocenters. The van der Waals surface area contributed by atoms with Gasteiger partial charge in [0.2, 0.25) is 0 Å². The Bertz CT molecular complexity index is 461. The number of aliphatic hydroxyl groups excluding tert-OH is 1. The van der Waals surface area contributed by atoms with Crippen LogP contribution in [0.3, 0.4) is 0 Å². The third-order valence-electron chi connectivity index (χ3n) is 4.26. The van der Waals surface area contributed by atoms with E-state index in [1.807, 2.05) is 25.1 Å². The van der Waals surface area contributed by atoms with Gasteiger partial charge in [-0.1, -0.05) is 25.0 Å². The molecule has 2 unspecified atom stereocenters. The summed E-state index contributed by atoms with van der Waals surface area (Å²) in [6, 6.07) is 7.31. The minimum atomic E-state index is -0.0960. The normalized spacial score (nSPS) is 21.8. The fraction of sp³-hybridized carbons (Fsp3) is 0.588. The second-order valence-electron chi connectivity index (χ2n) is 5.63. The third kappa shape index (κ3) is 4.21. The summed E-state index contributed by atoms with van der Waals surface area (Å²) in [6.45, 7) is 3.29. The molecular weight excluding hydrogens is 266 g/mol. The first-order valence-electron chi connectivity index (χ1n) is 7.87. The first-order valence-corrected chi connectivity index (χ1v) is 7.87.